The lowest BCUT2D eigenvalue weighted by Gasteiger charge is -2.41. The average Bonchev–Trinajstić information content (AvgIpc) is 3.28. The van der Waals surface area contributed by atoms with Gasteiger partial charge < -0.3 is 15.2 Å². The first-order chi connectivity index (χ1) is 15.8. The number of hydrogen-bond acceptors (Lipinski definition) is 4. The van der Waals surface area contributed by atoms with Crippen LogP contribution in [0.2, 0.25) is 5.02 Å². The van der Waals surface area contributed by atoms with Crippen molar-refractivity contribution in [2.75, 3.05) is 39.3 Å². The average molecular weight is 452 g/mol. The van der Waals surface area contributed by atoms with Crippen molar-refractivity contribution in [2.24, 2.45) is 0 Å². The molecule has 1 unspecified atom stereocenters. The van der Waals surface area contributed by atoms with Crippen LogP contribution in [0.1, 0.15) is 48.5 Å². The molecule has 2 aromatic rings. The molecule has 2 aliphatic heterocycles. The molecule has 1 aromatic carbocycles. The van der Waals surface area contributed by atoms with E-state index in [0.29, 0.717) is 6.04 Å². The van der Waals surface area contributed by atoms with Gasteiger partial charge in [-0.3, -0.25) is 4.90 Å². The second kappa shape index (κ2) is 10.2. The van der Waals surface area contributed by atoms with Gasteiger partial charge in [0.25, 0.3) is 0 Å². The van der Waals surface area contributed by atoms with Gasteiger partial charge in [0, 0.05) is 55.3 Å². The summed E-state index contributed by atoms with van der Waals surface area (Å²) in [6.07, 6.45) is 15.4. The number of unbranched alkanes of at least 4 members (excludes halogenated alkanes) is 2. The van der Waals surface area contributed by atoms with E-state index in [1.807, 2.05) is 6.20 Å². The standard InChI is InChI=1S/C26H34ClN5/c27-22-9-10-24-21(17-22)8-7-20-5-4-11-29-25(20)26(24)32-15-13-31(14-16-32)12-3-1-2-6-23-18-28-19-30-23/h4-5,9-10,17-19,26,29H,1-3,6-8,11-16H2,(H,28,30). The zero-order valence-corrected chi connectivity index (χ0v) is 19.6. The fourth-order valence-corrected chi connectivity index (χ4v) is 5.61. The number of aromatic amines is 1. The monoisotopic (exact) mass is 451 g/mol. The van der Waals surface area contributed by atoms with Crippen LogP contribution in [-0.2, 0) is 12.8 Å². The van der Waals surface area contributed by atoms with Crippen molar-refractivity contribution in [1.29, 1.82) is 0 Å². The number of H-pyrrole nitrogens is 1. The van der Waals surface area contributed by atoms with Crippen LogP contribution in [0.25, 0.3) is 0 Å². The van der Waals surface area contributed by atoms with E-state index < -0.39 is 0 Å². The number of benzene rings is 1. The quantitative estimate of drug-likeness (QED) is 0.608. The summed E-state index contributed by atoms with van der Waals surface area (Å²) in [6.45, 7) is 6.67. The van der Waals surface area contributed by atoms with E-state index in [4.69, 9.17) is 11.6 Å². The third-order valence-electron chi connectivity index (χ3n) is 7.16. The first-order valence-electron chi connectivity index (χ1n) is 12.1. The number of dihydropyridines is 1. The Morgan fingerprint density at radius 2 is 1.97 bits per heavy atom. The largest absolute Gasteiger partial charge is 0.383 e. The predicted octanol–water partition coefficient (Wildman–Crippen LogP) is 4.49. The first-order valence-corrected chi connectivity index (χ1v) is 12.5. The lowest BCUT2D eigenvalue weighted by atomic mass is 9.95. The molecule has 1 aliphatic carbocycles. The summed E-state index contributed by atoms with van der Waals surface area (Å²) < 4.78 is 0. The Kier molecular flexibility index (Phi) is 6.96. The Labute approximate surface area is 196 Å². The molecule has 170 valence electrons. The van der Waals surface area contributed by atoms with E-state index in [9.17, 15) is 0 Å². The minimum atomic E-state index is 0.321. The molecule has 0 saturated carbocycles. The summed E-state index contributed by atoms with van der Waals surface area (Å²) >= 11 is 6.37. The molecular formula is C26H34ClN5. The van der Waals surface area contributed by atoms with Crippen LogP contribution in [0.3, 0.4) is 0 Å². The highest BCUT2D eigenvalue weighted by atomic mass is 35.5. The summed E-state index contributed by atoms with van der Waals surface area (Å²) in [4.78, 5) is 12.6. The van der Waals surface area contributed by atoms with Gasteiger partial charge in [0.1, 0.15) is 0 Å². The smallest absolute Gasteiger partial charge is 0.0921 e. The molecule has 5 nitrogen and oxygen atoms in total. The molecule has 32 heavy (non-hydrogen) atoms. The second-order valence-electron chi connectivity index (χ2n) is 9.23. The number of piperazine rings is 1. The number of allylic oxidation sites excluding steroid dienone is 2. The molecule has 0 bridgehead atoms. The molecule has 0 spiro atoms. The number of fused-ring (bicyclic) bond motifs is 1. The highest BCUT2D eigenvalue weighted by molar-refractivity contribution is 6.30. The van der Waals surface area contributed by atoms with E-state index in [-0.39, 0.29) is 0 Å². The van der Waals surface area contributed by atoms with Crippen molar-refractivity contribution >= 4 is 11.6 Å². The number of nitrogens with zero attached hydrogens (tertiary/aromatic N) is 3. The number of halogens is 1. The van der Waals surface area contributed by atoms with Crippen LogP contribution in [0.4, 0.5) is 0 Å². The van der Waals surface area contributed by atoms with Crippen LogP contribution in [0.15, 0.2) is 54.1 Å². The maximum Gasteiger partial charge on any atom is 0.0921 e. The zero-order chi connectivity index (χ0) is 21.8. The van der Waals surface area contributed by atoms with Crippen molar-refractivity contribution in [3.05, 3.63) is 76.0 Å². The Hall–Kier alpha value is -2.08. The fraction of sp³-hybridized carbons (Fsp3) is 0.500. The number of hydrogen-bond donors (Lipinski definition) is 2. The van der Waals surface area contributed by atoms with Gasteiger partial charge in [0.2, 0.25) is 0 Å². The molecule has 1 atom stereocenters. The van der Waals surface area contributed by atoms with Gasteiger partial charge in [0.05, 0.1) is 12.4 Å². The van der Waals surface area contributed by atoms with Crippen LogP contribution >= 0.6 is 11.6 Å². The third-order valence-corrected chi connectivity index (χ3v) is 7.39. The van der Waals surface area contributed by atoms with Crippen LogP contribution < -0.4 is 5.32 Å². The van der Waals surface area contributed by atoms with Gasteiger partial charge in [-0.2, -0.15) is 0 Å². The lowest BCUT2D eigenvalue weighted by Crippen LogP contribution is -2.49. The van der Waals surface area contributed by atoms with E-state index in [2.05, 4.69) is 55.4 Å². The summed E-state index contributed by atoms with van der Waals surface area (Å²) in [5.74, 6) is 0. The van der Waals surface area contributed by atoms with E-state index in [1.54, 1.807) is 6.33 Å². The minimum Gasteiger partial charge on any atom is -0.383 e. The van der Waals surface area contributed by atoms with Gasteiger partial charge in [0.15, 0.2) is 0 Å². The van der Waals surface area contributed by atoms with E-state index in [1.165, 1.54) is 53.9 Å². The van der Waals surface area contributed by atoms with Crippen molar-refractivity contribution in [1.82, 2.24) is 25.1 Å². The Bertz CT molecular complexity index is 957. The summed E-state index contributed by atoms with van der Waals surface area (Å²) in [6, 6.07) is 6.84. The number of nitrogens with one attached hydrogen (secondary N) is 2. The molecule has 1 saturated heterocycles. The van der Waals surface area contributed by atoms with Crippen molar-refractivity contribution in [3.8, 4) is 0 Å². The van der Waals surface area contributed by atoms with E-state index in [0.717, 1.165) is 57.0 Å². The highest BCUT2D eigenvalue weighted by Crippen LogP contribution is 2.38. The topological polar surface area (TPSA) is 47.2 Å². The molecule has 2 N–H and O–H groups in total. The molecule has 1 aromatic heterocycles. The Morgan fingerprint density at radius 3 is 2.81 bits per heavy atom. The highest BCUT2D eigenvalue weighted by Gasteiger charge is 2.32. The summed E-state index contributed by atoms with van der Waals surface area (Å²) in [5, 5.41) is 4.58. The van der Waals surface area contributed by atoms with Gasteiger partial charge in [-0.15, -0.1) is 0 Å². The molecule has 6 heteroatoms. The molecule has 0 amide bonds. The van der Waals surface area contributed by atoms with Gasteiger partial charge in [-0.1, -0.05) is 36.2 Å². The van der Waals surface area contributed by atoms with Crippen molar-refractivity contribution in [2.45, 2.75) is 44.6 Å². The van der Waals surface area contributed by atoms with E-state index >= 15 is 0 Å². The third kappa shape index (κ3) is 4.95. The summed E-state index contributed by atoms with van der Waals surface area (Å²) in [5.41, 5.74) is 6.98. The maximum absolute atomic E-state index is 6.37. The maximum atomic E-state index is 6.37. The molecular weight excluding hydrogens is 418 g/mol. The number of rotatable bonds is 7. The molecule has 0 radical (unpaired) electrons. The van der Waals surface area contributed by atoms with Crippen molar-refractivity contribution < 1.29 is 0 Å². The van der Waals surface area contributed by atoms with Crippen LogP contribution in [-0.4, -0.2) is 59.0 Å². The second-order valence-corrected chi connectivity index (χ2v) is 9.67. The zero-order valence-electron chi connectivity index (χ0n) is 18.8. The van der Waals surface area contributed by atoms with Gasteiger partial charge >= 0.3 is 0 Å². The fourth-order valence-electron chi connectivity index (χ4n) is 5.42. The Balaban J connectivity index is 1.19. The lowest BCUT2D eigenvalue weighted by molar-refractivity contribution is 0.104. The predicted molar refractivity (Wildman–Crippen MR) is 131 cm³/mol. The Morgan fingerprint density at radius 1 is 1.06 bits per heavy atom. The first kappa shape index (κ1) is 21.7. The summed E-state index contributed by atoms with van der Waals surface area (Å²) in [7, 11) is 0. The SMILES string of the molecule is Clc1ccc2c(c1)CCC1=C(NCC=C1)C2N1CCN(CCCCCc2cnc[nH]2)CC1. The van der Waals surface area contributed by atoms with Gasteiger partial charge in [-0.05, 0) is 67.5 Å². The molecule has 3 heterocycles. The number of imidazole rings is 1. The normalized spacial score (nSPS) is 21.7. The molecule has 5 rings (SSSR count). The van der Waals surface area contributed by atoms with Crippen molar-refractivity contribution in [3.63, 3.8) is 0 Å². The number of aromatic nitrogens is 2. The van der Waals surface area contributed by atoms with Gasteiger partial charge in [-0.25, -0.2) is 4.98 Å². The molecule has 1 fully saturated rings. The number of aryl methyl sites for hydroxylation is 2. The molecule has 3 aliphatic rings. The minimum absolute atomic E-state index is 0.321. The van der Waals surface area contributed by atoms with Crippen LogP contribution in [0, 0.1) is 0 Å². The van der Waals surface area contributed by atoms with Crippen LogP contribution in [0.5, 0.6) is 0 Å².